The lowest BCUT2D eigenvalue weighted by Gasteiger charge is -1.88. The molecule has 1 aromatic rings. The summed E-state index contributed by atoms with van der Waals surface area (Å²) in [4.78, 5) is 4.12. The van der Waals surface area contributed by atoms with Gasteiger partial charge < -0.3 is 10.2 Å². The summed E-state index contributed by atoms with van der Waals surface area (Å²) in [5.41, 5.74) is 5.36. The molecule has 0 aromatic carbocycles. The van der Waals surface area contributed by atoms with Crippen LogP contribution in [-0.4, -0.2) is 11.5 Å². The van der Waals surface area contributed by atoms with Crippen LogP contribution in [0.25, 0.3) is 0 Å². The number of aromatic nitrogens is 1. The fourth-order valence-electron chi connectivity index (χ4n) is 1.12. The van der Waals surface area contributed by atoms with Gasteiger partial charge >= 0.3 is 0 Å². The van der Waals surface area contributed by atoms with Crippen molar-refractivity contribution >= 4 is 0 Å². The molecule has 0 spiro atoms. The van der Waals surface area contributed by atoms with Gasteiger partial charge in [0.05, 0.1) is 6.20 Å². The summed E-state index contributed by atoms with van der Waals surface area (Å²) in [6, 6.07) is 0. The summed E-state index contributed by atoms with van der Waals surface area (Å²) in [5.74, 6) is 2.50. The molecule has 1 aliphatic carbocycles. The second-order valence-electron chi connectivity index (χ2n) is 2.97. The Morgan fingerprint density at radius 2 is 2.45 bits per heavy atom. The van der Waals surface area contributed by atoms with Crippen LogP contribution in [-0.2, 0) is 6.42 Å². The van der Waals surface area contributed by atoms with E-state index in [-0.39, 0.29) is 0 Å². The van der Waals surface area contributed by atoms with Gasteiger partial charge in [0.25, 0.3) is 0 Å². The van der Waals surface area contributed by atoms with Gasteiger partial charge in [-0.3, -0.25) is 0 Å². The van der Waals surface area contributed by atoms with Gasteiger partial charge in [0.15, 0.2) is 5.89 Å². The van der Waals surface area contributed by atoms with Gasteiger partial charge in [0.2, 0.25) is 0 Å². The fourth-order valence-corrected chi connectivity index (χ4v) is 1.12. The maximum Gasteiger partial charge on any atom is 0.195 e. The van der Waals surface area contributed by atoms with Crippen LogP contribution in [0, 0.1) is 0 Å². The van der Waals surface area contributed by atoms with E-state index in [9.17, 15) is 0 Å². The molecule has 1 fully saturated rings. The summed E-state index contributed by atoms with van der Waals surface area (Å²) >= 11 is 0. The Balaban J connectivity index is 2.06. The first kappa shape index (κ1) is 6.85. The molecular weight excluding hydrogens is 140 g/mol. The molecule has 2 N–H and O–H groups in total. The first-order chi connectivity index (χ1) is 5.40. The van der Waals surface area contributed by atoms with Crippen molar-refractivity contribution in [2.75, 3.05) is 6.54 Å². The van der Waals surface area contributed by atoms with Crippen molar-refractivity contribution in [1.82, 2.24) is 4.98 Å². The smallest absolute Gasteiger partial charge is 0.195 e. The second-order valence-corrected chi connectivity index (χ2v) is 2.97. The van der Waals surface area contributed by atoms with E-state index in [4.69, 9.17) is 10.2 Å². The second kappa shape index (κ2) is 2.66. The molecule has 1 aliphatic rings. The van der Waals surface area contributed by atoms with Gasteiger partial charge in [-0.05, 0) is 12.8 Å². The van der Waals surface area contributed by atoms with Crippen LogP contribution in [0.3, 0.4) is 0 Å². The summed E-state index contributed by atoms with van der Waals surface area (Å²) < 4.78 is 5.46. The van der Waals surface area contributed by atoms with Crippen LogP contribution in [0.15, 0.2) is 10.6 Å². The third-order valence-electron chi connectivity index (χ3n) is 1.91. The van der Waals surface area contributed by atoms with E-state index in [0.717, 1.165) is 18.1 Å². The lowest BCUT2D eigenvalue weighted by molar-refractivity contribution is 0.457. The highest BCUT2D eigenvalue weighted by atomic mass is 16.4. The number of hydrogen-bond acceptors (Lipinski definition) is 3. The van der Waals surface area contributed by atoms with Crippen molar-refractivity contribution < 1.29 is 4.42 Å². The van der Waals surface area contributed by atoms with Crippen molar-refractivity contribution in [3.05, 3.63) is 17.8 Å². The van der Waals surface area contributed by atoms with Crippen LogP contribution in [0.1, 0.15) is 30.4 Å². The Hall–Kier alpha value is -0.830. The molecule has 0 saturated heterocycles. The van der Waals surface area contributed by atoms with E-state index < -0.39 is 0 Å². The van der Waals surface area contributed by atoms with E-state index in [0.29, 0.717) is 12.5 Å². The van der Waals surface area contributed by atoms with E-state index >= 15 is 0 Å². The van der Waals surface area contributed by atoms with E-state index in [2.05, 4.69) is 4.98 Å². The number of nitrogens with two attached hydrogens (primary N) is 1. The first-order valence-corrected chi connectivity index (χ1v) is 4.05. The Morgan fingerprint density at radius 1 is 1.64 bits per heavy atom. The monoisotopic (exact) mass is 152 g/mol. The third kappa shape index (κ3) is 1.43. The maximum absolute atomic E-state index is 5.46. The van der Waals surface area contributed by atoms with E-state index in [1.807, 2.05) is 6.20 Å². The van der Waals surface area contributed by atoms with E-state index in [1.165, 1.54) is 12.8 Å². The van der Waals surface area contributed by atoms with Crippen molar-refractivity contribution in [3.8, 4) is 0 Å². The standard InChI is InChI=1S/C8H12N2O/c9-4-3-8-10-5-7(11-8)6-1-2-6/h5-6H,1-4,9H2. The Bertz CT molecular complexity index is 240. The molecule has 1 aromatic heterocycles. The van der Waals surface area contributed by atoms with E-state index in [1.54, 1.807) is 0 Å². The highest BCUT2D eigenvalue weighted by Crippen LogP contribution is 2.40. The molecule has 60 valence electrons. The minimum atomic E-state index is 0.616. The van der Waals surface area contributed by atoms with Gasteiger partial charge in [-0.15, -0.1) is 0 Å². The molecule has 0 aliphatic heterocycles. The van der Waals surface area contributed by atoms with Crippen LogP contribution in [0.2, 0.25) is 0 Å². The third-order valence-corrected chi connectivity index (χ3v) is 1.91. The highest BCUT2D eigenvalue weighted by molar-refractivity contribution is 5.08. The van der Waals surface area contributed by atoms with Crippen molar-refractivity contribution in [2.45, 2.75) is 25.2 Å². The summed E-state index contributed by atoms with van der Waals surface area (Å²) in [7, 11) is 0. The topological polar surface area (TPSA) is 52.0 Å². The molecule has 0 radical (unpaired) electrons. The summed E-state index contributed by atoms with van der Waals surface area (Å²) in [6.45, 7) is 0.616. The number of nitrogens with zero attached hydrogens (tertiary/aromatic N) is 1. The molecule has 2 rings (SSSR count). The fraction of sp³-hybridized carbons (Fsp3) is 0.625. The lowest BCUT2D eigenvalue weighted by Crippen LogP contribution is -2.02. The Labute approximate surface area is 65.6 Å². The van der Waals surface area contributed by atoms with Gasteiger partial charge in [0, 0.05) is 18.9 Å². The summed E-state index contributed by atoms with van der Waals surface area (Å²) in [6.07, 6.45) is 5.11. The molecule has 3 heteroatoms. The maximum atomic E-state index is 5.46. The lowest BCUT2D eigenvalue weighted by atomic mass is 10.3. The Morgan fingerprint density at radius 3 is 3.09 bits per heavy atom. The quantitative estimate of drug-likeness (QED) is 0.704. The molecule has 0 amide bonds. The average molecular weight is 152 g/mol. The zero-order valence-electron chi connectivity index (χ0n) is 6.42. The van der Waals surface area contributed by atoms with Gasteiger partial charge in [-0.25, -0.2) is 4.98 Å². The molecular formula is C8H12N2O. The molecule has 0 atom stereocenters. The molecule has 1 heterocycles. The molecule has 0 unspecified atom stereocenters. The van der Waals surface area contributed by atoms with Gasteiger partial charge in [-0.1, -0.05) is 0 Å². The molecule has 3 nitrogen and oxygen atoms in total. The summed E-state index contributed by atoms with van der Waals surface area (Å²) in [5, 5.41) is 0. The molecule has 0 bridgehead atoms. The van der Waals surface area contributed by atoms with Crippen LogP contribution < -0.4 is 5.73 Å². The number of rotatable bonds is 3. The van der Waals surface area contributed by atoms with Gasteiger partial charge in [-0.2, -0.15) is 0 Å². The predicted octanol–water partition coefficient (Wildman–Crippen LogP) is 1.05. The predicted molar refractivity (Wildman–Crippen MR) is 41.2 cm³/mol. The zero-order chi connectivity index (χ0) is 7.68. The minimum Gasteiger partial charge on any atom is -0.445 e. The first-order valence-electron chi connectivity index (χ1n) is 4.05. The Kier molecular flexibility index (Phi) is 1.66. The molecule has 1 saturated carbocycles. The van der Waals surface area contributed by atoms with Crippen LogP contribution in [0.4, 0.5) is 0 Å². The van der Waals surface area contributed by atoms with Crippen molar-refractivity contribution in [2.24, 2.45) is 5.73 Å². The van der Waals surface area contributed by atoms with Crippen LogP contribution >= 0.6 is 0 Å². The SMILES string of the molecule is NCCc1ncc(C2CC2)o1. The van der Waals surface area contributed by atoms with Crippen LogP contribution in [0.5, 0.6) is 0 Å². The average Bonchev–Trinajstić information content (AvgIpc) is 2.75. The van der Waals surface area contributed by atoms with Gasteiger partial charge in [0.1, 0.15) is 5.76 Å². The van der Waals surface area contributed by atoms with Crippen molar-refractivity contribution in [1.29, 1.82) is 0 Å². The zero-order valence-corrected chi connectivity index (χ0v) is 6.42. The number of hydrogen-bond donors (Lipinski definition) is 1. The highest BCUT2D eigenvalue weighted by Gasteiger charge is 2.27. The minimum absolute atomic E-state index is 0.616. The normalized spacial score (nSPS) is 17.2. The number of oxazole rings is 1. The largest absolute Gasteiger partial charge is 0.445 e. The molecule has 11 heavy (non-hydrogen) atoms. The van der Waals surface area contributed by atoms with Crippen molar-refractivity contribution in [3.63, 3.8) is 0 Å².